The minimum atomic E-state index is 0.757. The molecule has 2 aromatic carbocycles. The molecule has 2 rings (SSSR count). The van der Waals surface area contributed by atoms with Gasteiger partial charge in [0.1, 0.15) is 11.5 Å². The quantitative estimate of drug-likeness (QED) is 0.796. The summed E-state index contributed by atoms with van der Waals surface area (Å²) < 4.78 is 6.65. The Hall–Kier alpha value is -0.930. The average molecular weight is 281 g/mol. The van der Waals surface area contributed by atoms with Gasteiger partial charge in [-0.15, -0.1) is 12.6 Å². The van der Waals surface area contributed by atoms with Crippen molar-refractivity contribution in [3.63, 3.8) is 0 Å². The van der Waals surface area contributed by atoms with Crippen LogP contribution in [0.1, 0.15) is 0 Å². The summed E-state index contributed by atoms with van der Waals surface area (Å²) in [5, 5.41) is 0. The molecular formula is C12H9BrOS. The number of hydrogen-bond donors (Lipinski definition) is 1. The minimum Gasteiger partial charge on any atom is -0.455 e. The maximum atomic E-state index is 5.72. The fraction of sp³-hybridized carbons (Fsp3) is 0. The van der Waals surface area contributed by atoms with Crippen molar-refractivity contribution < 1.29 is 4.74 Å². The monoisotopic (exact) mass is 280 g/mol. The highest BCUT2D eigenvalue weighted by molar-refractivity contribution is 9.10. The molecule has 0 atom stereocenters. The number of thiol groups is 1. The lowest BCUT2D eigenvalue weighted by atomic mass is 10.3. The normalized spacial score (nSPS) is 10.0. The highest BCUT2D eigenvalue weighted by atomic mass is 79.9. The van der Waals surface area contributed by atoms with Crippen LogP contribution in [-0.2, 0) is 0 Å². The second kappa shape index (κ2) is 4.73. The van der Waals surface area contributed by atoms with Crippen LogP contribution in [0.3, 0.4) is 0 Å². The zero-order valence-corrected chi connectivity index (χ0v) is 10.3. The Kier molecular flexibility index (Phi) is 3.34. The molecule has 0 aliphatic carbocycles. The van der Waals surface area contributed by atoms with Crippen LogP contribution in [0.15, 0.2) is 57.9 Å². The predicted octanol–water partition coefficient (Wildman–Crippen LogP) is 4.53. The Bertz CT molecular complexity index is 427. The lowest BCUT2D eigenvalue weighted by Gasteiger charge is -2.08. The third kappa shape index (κ3) is 2.55. The van der Waals surface area contributed by atoms with Crippen LogP contribution < -0.4 is 4.74 Å². The number of halogens is 1. The first-order chi connectivity index (χ1) is 7.27. The number of ether oxygens (including phenoxy) is 1. The molecule has 0 aromatic heterocycles. The molecule has 0 saturated heterocycles. The molecule has 0 saturated carbocycles. The van der Waals surface area contributed by atoms with Gasteiger partial charge >= 0.3 is 0 Å². The van der Waals surface area contributed by atoms with E-state index in [4.69, 9.17) is 4.74 Å². The summed E-state index contributed by atoms with van der Waals surface area (Å²) in [6.07, 6.45) is 0. The molecule has 0 spiro atoms. The summed E-state index contributed by atoms with van der Waals surface area (Å²) in [6.45, 7) is 0. The molecule has 0 bridgehead atoms. The van der Waals surface area contributed by atoms with Gasteiger partial charge in [-0.05, 0) is 40.2 Å². The topological polar surface area (TPSA) is 9.23 Å². The zero-order chi connectivity index (χ0) is 10.7. The lowest BCUT2D eigenvalue weighted by molar-refractivity contribution is 0.468. The van der Waals surface area contributed by atoms with E-state index in [0.717, 1.165) is 20.9 Å². The molecule has 3 heteroatoms. The van der Waals surface area contributed by atoms with Gasteiger partial charge in [0.2, 0.25) is 0 Å². The van der Waals surface area contributed by atoms with Crippen LogP contribution >= 0.6 is 28.6 Å². The molecule has 0 radical (unpaired) electrons. The number of benzene rings is 2. The average Bonchev–Trinajstić information content (AvgIpc) is 2.24. The molecule has 15 heavy (non-hydrogen) atoms. The SMILES string of the molecule is Sc1ccccc1Oc1ccccc1Br. The number of rotatable bonds is 2. The van der Waals surface area contributed by atoms with Crippen LogP contribution in [0.5, 0.6) is 11.5 Å². The molecule has 0 unspecified atom stereocenters. The predicted molar refractivity (Wildman–Crippen MR) is 67.9 cm³/mol. The molecule has 0 aliphatic heterocycles. The maximum absolute atomic E-state index is 5.72. The van der Waals surface area contributed by atoms with Crippen LogP contribution in [0.25, 0.3) is 0 Å². The summed E-state index contributed by atoms with van der Waals surface area (Å²) in [7, 11) is 0. The lowest BCUT2D eigenvalue weighted by Crippen LogP contribution is -1.85. The first-order valence-electron chi connectivity index (χ1n) is 4.48. The summed E-state index contributed by atoms with van der Waals surface area (Å²) in [5.41, 5.74) is 0. The summed E-state index contributed by atoms with van der Waals surface area (Å²) in [5.74, 6) is 1.55. The Balaban J connectivity index is 2.30. The molecule has 2 aromatic rings. The fourth-order valence-electron chi connectivity index (χ4n) is 1.19. The van der Waals surface area contributed by atoms with Gasteiger partial charge in [0.25, 0.3) is 0 Å². The van der Waals surface area contributed by atoms with Gasteiger partial charge < -0.3 is 4.74 Å². The Morgan fingerprint density at radius 2 is 1.47 bits per heavy atom. The molecule has 76 valence electrons. The third-order valence-electron chi connectivity index (χ3n) is 1.92. The van der Waals surface area contributed by atoms with Crippen molar-refractivity contribution in [1.82, 2.24) is 0 Å². The van der Waals surface area contributed by atoms with Crippen molar-refractivity contribution >= 4 is 28.6 Å². The summed E-state index contributed by atoms with van der Waals surface area (Å²) >= 11 is 7.75. The maximum Gasteiger partial charge on any atom is 0.141 e. The van der Waals surface area contributed by atoms with Crippen molar-refractivity contribution in [1.29, 1.82) is 0 Å². The van der Waals surface area contributed by atoms with Crippen molar-refractivity contribution in [2.45, 2.75) is 4.90 Å². The first kappa shape index (κ1) is 10.6. The van der Waals surface area contributed by atoms with E-state index in [0.29, 0.717) is 0 Å². The molecule has 0 aliphatic rings. The van der Waals surface area contributed by atoms with Crippen LogP contribution in [0, 0.1) is 0 Å². The Morgan fingerprint density at radius 3 is 2.13 bits per heavy atom. The smallest absolute Gasteiger partial charge is 0.141 e. The zero-order valence-electron chi connectivity index (χ0n) is 7.85. The van der Waals surface area contributed by atoms with Crippen molar-refractivity contribution in [2.24, 2.45) is 0 Å². The van der Waals surface area contributed by atoms with E-state index in [1.165, 1.54) is 0 Å². The van der Waals surface area contributed by atoms with Crippen molar-refractivity contribution in [2.75, 3.05) is 0 Å². The van der Waals surface area contributed by atoms with E-state index in [9.17, 15) is 0 Å². The van der Waals surface area contributed by atoms with Gasteiger partial charge in [-0.25, -0.2) is 0 Å². The fourth-order valence-corrected chi connectivity index (χ4v) is 1.76. The first-order valence-corrected chi connectivity index (χ1v) is 5.72. The highest BCUT2D eigenvalue weighted by Crippen LogP contribution is 2.32. The van der Waals surface area contributed by atoms with Gasteiger partial charge in [0.15, 0.2) is 0 Å². The molecular weight excluding hydrogens is 272 g/mol. The van der Waals surface area contributed by atoms with Gasteiger partial charge in [-0.3, -0.25) is 0 Å². The number of hydrogen-bond acceptors (Lipinski definition) is 2. The number of para-hydroxylation sites is 2. The Labute approximate surface area is 103 Å². The second-order valence-corrected chi connectivity index (χ2v) is 4.34. The van der Waals surface area contributed by atoms with Gasteiger partial charge in [0, 0.05) is 4.90 Å². The van der Waals surface area contributed by atoms with Gasteiger partial charge in [-0.2, -0.15) is 0 Å². The third-order valence-corrected chi connectivity index (χ3v) is 2.95. The van der Waals surface area contributed by atoms with Crippen LogP contribution in [0.4, 0.5) is 0 Å². The van der Waals surface area contributed by atoms with E-state index in [1.807, 2.05) is 48.5 Å². The van der Waals surface area contributed by atoms with E-state index in [1.54, 1.807) is 0 Å². The molecule has 0 heterocycles. The standard InChI is InChI=1S/C12H9BrOS/c13-9-5-1-2-6-10(9)14-11-7-3-4-8-12(11)15/h1-8,15H. The molecule has 1 nitrogen and oxygen atoms in total. The van der Waals surface area contributed by atoms with E-state index >= 15 is 0 Å². The minimum absolute atomic E-state index is 0.757. The van der Waals surface area contributed by atoms with Crippen molar-refractivity contribution in [3.05, 3.63) is 53.0 Å². The van der Waals surface area contributed by atoms with E-state index < -0.39 is 0 Å². The van der Waals surface area contributed by atoms with Crippen LogP contribution in [-0.4, -0.2) is 0 Å². The van der Waals surface area contributed by atoms with Crippen molar-refractivity contribution in [3.8, 4) is 11.5 Å². The van der Waals surface area contributed by atoms with E-state index in [-0.39, 0.29) is 0 Å². The second-order valence-electron chi connectivity index (χ2n) is 3.00. The summed E-state index contributed by atoms with van der Waals surface area (Å²) in [6, 6.07) is 15.4. The van der Waals surface area contributed by atoms with Crippen LogP contribution in [0.2, 0.25) is 0 Å². The van der Waals surface area contributed by atoms with Gasteiger partial charge in [0.05, 0.1) is 4.47 Å². The van der Waals surface area contributed by atoms with Gasteiger partial charge in [-0.1, -0.05) is 24.3 Å². The largest absolute Gasteiger partial charge is 0.455 e. The highest BCUT2D eigenvalue weighted by Gasteiger charge is 2.03. The molecule has 0 amide bonds. The molecule has 0 N–H and O–H groups in total. The summed E-state index contributed by atoms with van der Waals surface area (Å²) in [4.78, 5) is 0.827. The molecule has 0 fully saturated rings. The van der Waals surface area contributed by atoms with E-state index in [2.05, 4.69) is 28.6 Å². The Morgan fingerprint density at radius 1 is 0.867 bits per heavy atom.